The highest BCUT2D eigenvalue weighted by molar-refractivity contribution is 6.17. The number of amides is 2. The Morgan fingerprint density at radius 2 is 1.78 bits per heavy atom. The second-order valence-electron chi connectivity index (χ2n) is 10.7. The third-order valence-corrected chi connectivity index (χ3v) is 7.44. The lowest BCUT2D eigenvalue weighted by molar-refractivity contribution is -0.137. The van der Waals surface area contributed by atoms with E-state index in [1.165, 1.54) is 18.6 Å². The highest BCUT2D eigenvalue weighted by Gasteiger charge is 2.31. The first kappa shape index (κ1) is 33.1. The van der Waals surface area contributed by atoms with E-state index in [9.17, 15) is 22.8 Å². The molecule has 1 aromatic carbocycles. The summed E-state index contributed by atoms with van der Waals surface area (Å²) in [5, 5.41) is 20.6. The van der Waals surface area contributed by atoms with Crippen LogP contribution in [0.1, 0.15) is 71.1 Å². The van der Waals surface area contributed by atoms with Crippen LogP contribution in [-0.4, -0.2) is 53.7 Å². The number of carbonyl (C=O) groups excluding carboxylic acids is 2. The van der Waals surface area contributed by atoms with E-state index in [0.717, 1.165) is 44.0 Å². The largest absolute Gasteiger partial charge is 0.416 e. The second kappa shape index (κ2) is 15.3. The monoisotopic (exact) mass is 622 g/mol. The van der Waals surface area contributed by atoms with Crippen molar-refractivity contribution in [2.24, 2.45) is 0 Å². The van der Waals surface area contributed by atoms with Gasteiger partial charge in [-0.25, -0.2) is 9.97 Å². The quantitative estimate of drug-likeness (QED) is 0.119. The van der Waals surface area contributed by atoms with E-state index in [1.807, 2.05) is 12.2 Å². The van der Waals surface area contributed by atoms with E-state index < -0.39 is 17.6 Å². The number of nitrogens with zero attached hydrogens (tertiary/aromatic N) is 2. The Morgan fingerprint density at radius 1 is 1.07 bits per heavy atom. The molecule has 0 spiro atoms. The number of carbonyl (C=O) groups is 2. The predicted molar refractivity (Wildman–Crippen MR) is 169 cm³/mol. The van der Waals surface area contributed by atoms with Crippen LogP contribution in [0.3, 0.4) is 0 Å². The zero-order chi connectivity index (χ0) is 32.4. The van der Waals surface area contributed by atoms with Gasteiger partial charge in [0.2, 0.25) is 5.91 Å². The molecule has 13 heteroatoms. The van der Waals surface area contributed by atoms with Gasteiger partial charge in [-0.05, 0) is 50.1 Å². The fourth-order valence-corrected chi connectivity index (χ4v) is 5.11. The molecule has 45 heavy (non-hydrogen) atoms. The number of nitrogens with two attached hydrogens (primary N) is 1. The van der Waals surface area contributed by atoms with E-state index >= 15 is 0 Å². The molecule has 1 aliphatic rings. The summed E-state index contributed by atoms with van der Waals surface area (Å²) in [5.74, 6) is -0.728. The Bertz CT molecular complexity index is 1530. The summed E-state index contributed by atoms with van der Waals surface area (Å²) in [6, 6.07) is 7.88. The molecule has 0 bridgehead atoms. The van der Waals surface area contributed by atoms with Crippen LogP contribution in [0.2, 0.25) is 0 Å². The van der Waals surface area contributed by atoms with Crippen LogP contribution in [0.4, 0.5) is 30.5 Å². The van der Waals surface area contributed by atoms with Gasteiger partial charge in [-0.2, -0.15) is 13.2 Å². The van der Waals surface area contributed by atoms with Gasteiger partial charge < -0.3 is 27.0 Å². The Labute approximate surface area is 259 Å². The van der Waals surface area contributed by atoms with Gasteiger partial charge in [-0.1, -0.05) is 43.5 Å². The Morgan fingerprint density at radius 3 is 2.47 bits per heavy atom. The maximum atomic E-state index is 13.0. The van der Waals surface area contributed by atoms with Gasteiger partial charge in [0, 0.05) is 42.2 Å². The number of anilines is 3. The normalized spacial score (nSPS) is 13.9. The lowest BCUT2D eigenvalue weighted by Crippen LogP contribution is -2.41. The zero-order valence-corrected chi connectivity index (χ0v) is 24.9. The van der Waals surface area contributed by atoms with Crippen molar-refractivity contribution in [3.05, 3.63) is 82.7 Å². The van der Waals surface area contributed by atoms with Gasteiger partial charge in [-0.15, -0.1) is 0 Å². The van der Waals surface area contributed by atoms with E-state index in [-0.39, 0.29) is 41.4 Å². The number of rotatable bonds is 12. The highest BCUT2D eigenvalue weighted by Crippen LogP contribution is 2.30. The molecule has 2 heterocycles. The number of benzene rings is 1. The average molecular weight is 623 g/mol. The Hall–Kier alpha value is -4.78. The second-order valence-corrected chi connectivity index (χ2v) is 10.7. The van der Waals surface area contributed by atoms with Crippen molar-refractivity contribution in [2.45, 2.75) is 50.7 Å². The number of hydrogen-bond donors (Lipinski definition) is 6. The summed E-state index contributed by atoms with van der Waals surface area (Å²) in [7, 11) is 1.71. The maximum Gasteiger partial charge on any atom is 0.416 e. The fraction of sp³-hybridized carbons (Fsp3) is 0.344. The van der Waals surface area contributed by atoms with Gasteiger partial charge in [-0.3, -0.25) is 15.0 Å². The number of hydrogen-bond acceptors (Lipinski definition) is 8. The van der Waals surface area contributed by atoms with Gasteiger partial charge in [0.05, 0.1) is 29.1 Å². The molecule has 1 aliphatic carbocycles. The van der Waals surface area contributed by atoms with Crippen LogP contribution >= 0.6 is 0 Å². The van der Waals surface area contributed by atoms with E-state index in [1.54, 1.807) is 25.4 Å². The van der Waals surface area contributed by atoms with E-state index in [0.29, 0.717) is 35.3 Å². The number of nitrogen functional groups attached to an aromatic ring is 1. The Kier molecular flexibility index (Phi) is 11.3. The predicted octanol–water partition coefficient (Wildman–Crippen LogP) is 5.23. The fourth-order valence-electron chi connectivity index (χ4n) is 5.11. The summed E-state index contributed by atoms with van der Waals surface area (Å²) in [6.07, 6.45) is 8.15. The van der Waals surface area contributed by atoms with Crippen molar-refractivity contribution >= 4 is 40.9 Å². The molecule has 2 amide bonds. The minimum absolute atomic E-state index is 0.00984. The van der Waals surface area contributed by atoms with Crippen molar-refractivity contribution in [3.63, 3.8) is 0 Å². The third kappa shape index (κ3) is 9.11. The van der Waals surface area contributed by atoms with Gasteiger partial charge in [0.25, 0.3) is 5.91 Å². The van der Waals surface area contributed by atoms with E-state index in [2.05, 4.69) is 31.2 Å². The van der Waals surface area contributed by atoms with Crippen LogP contribution in [0.5, 0.6) is 0 Å². The molecule has 238 valence electrons. The van der Waals surface area contributed by atoms with Crippen LogP contribution in [0.15, 0.2) is 54.9 Å². The van der Waals surface area contributed by atoms with Crippen molar-refractivity contribution in [2.75, 3.05) is 36.5 Å². The number of halogens is 3. The molecule has 7 N–H and O–H groups in total. The summed E-state index contributed by atoms with van der Waals surface area (Å²) in [5.41, 5.74) is 7.63. The molecule has 4 rings (SSSR count). The molecule has 1 fully saturated rings. The molecular weight excluding hydrogens is 585 g/mol. The van der Waals surface area contributed by atoms with Crippen molar-refractivity contribution in [1.29, 1.82) is 5.41 Å². The molecule has 0 aliphatic heterocycles. The van der Waals surface area contributed by atoms with Crippen LogP contribution < -0.4 is 27.0 Å². The molecule has 10 nitrogen and oxygen atoms in total. The molecule has 1 saturated carbocycles. The minimum atomic E-state index is -4.56. The van der Waals surface area contributed by atoms with Crippen molar-refractivity contribution < 1.29 is 22.8 Å². The van der Waals surface area contributed by atoms with Crippen LogP contribution in [0.25, 0.3) is 6.08 Å². The lowest BCUT2D eigenvalue weighted by atomic mass is 9.95. The summed E-state index contributed by atoms with van der Waals surface area (Å²) < 4.78 is 39.0. The van der Waals surface area contributed by atoms with Crippen LogP contribution in [-0.2, 0) is 11.0 Å². The number of nitrogens with one attached hydrogen (secondary N) is 5. The maximum absolute atomic E-state index is 13.0. The molecule has 0 atom stereocenters. The van der Waals surface area contributed by atoms with Gasteiger partial charge >= 0.3 is 6.18 Å². The number of aromatic nitrogens is 2. The first-order valence-corrected chi connectivity index (χ1v) is 14.7. The van der Waals surface area contributed by atoms with Crippen LogP contribution in [0, 0.1) is 5.41 Å². The standard InChI is InChI=1S/C32H37F3N8O2/c1-38-29-22(7-5-6-15-39-19-26(44)42-24-8-3-2-4-9-24)18-41-30(37)27(29)28(36)20-10-12-21(13-11-20)31(45)43-25-17-23(14-16-40-25)32(33,34)35/h5,7,10-14,16-18,24,36,39H,2-4,6,8-9,15,19H2,1H3,(H,42,44)(H3,37,38,41)(H,40,43,45)/b7-5+,36-28?. The minimum Gasteiger partial charge on any atom is -0.387 e. The molecule has 0 radical (unpaired) electrons. The molecule has 0 unspecified atom stereocenters. The van der Waals surface area contributed by atoms with Gasteiger partial charge in [0.1, 0.15) is 11.6 Å². The first-order chi connectivity index (χ1) is 21.6. The summed E-state index contributed by atoms with van der Waals surface area (Å²) in [6.45, 7) is 0.873. The third-order valence-electron chi connectivity index (χ3n) is 7.44. The van der Waals surface area contributed by atoms with Crippen molar-refractivity contribution in [1.82, 2.24) is 20.6 Å². The smallest absolute Gasteiger partial charge is 0.387 e. The summed E-state index contributed by atoms with van der Waals surface area (Å²) in [4.78, 5) is 32.9. The highest BCUT2D eigenvalue weighted by atomic mass is 19.4. The number of alkyl halides is 3. The molecule has 0 saturated heterocycles. The van der Waals surface area contributed by atoms with Crippen molar-refractivity contribution in [3.8, 4) is 0 Å². The molecule has 2 aromatic heterocycles. The first-order valence-electron chi connectivity index (χ1n) is 14.7. The molecular formula is C32H37F3N8O2. The molecule has 3 aromatic rings. The Balaban J connectivity index is 1.36. The van der Waals surface area contributed by atoms with Gasteiger partial charge in [0.15, 0.2) is 0 Å². The lowest BCUT2D eigenvalue weighted by Gasteiger charge is -2.22. The summed E-state index contributed by atoms with van der Waals surface area (Å²) >= 11 is 0. The van der Waals surface area contributed by atoms with E-state index in [4.69, 9.17) is 11.1 Å². The average Bonchev–Trinajstić information content (AvgIpc) is 3.03. The zero-order valence-electron chi connectivity index (χ0n) is 24.9. The topological polar surface area (TPSA) is 158 Å². The number of pyridine rings is 2. The SMILES string of the molecule is CNc1c(/C=C/CCNCC(=O)NC2CCCCC2)cnc(N)c1C(=N)c1ccc(C(=O)Nc2cc(C(F)(F)F)ccn2)cc1.